The Labute approximate surface area is 108 Å². The summed E-state index contributed by atoms with van der Waals surface area (Å²) < 4.78 is 8.23. The molecule has 1 saturated carbocycles. The molecule has 1 aliphatic carbocycles. The summed E-state index contributed by atoms with van der Waals surface area (Å²) in [5.41, 5.74) is 9.11. The molecule has 2 aliphatic rings. The molecular formula is C14H23N3O. The second-order valence-corrected chi connectivity index (χ2v) is 5.91. The molecule has 1 saturated heterocycles. The predicted octanol–water partition coefficient (Wildman–Crippen LogP) is 2.75. The fraction of sp³-hybridized carbons (Fsp3) is 0.786. The molecule has 3 rings (SSSR count). The number of hydrogen-bond acceptors (Lipinski definition) is 3. The number of nitrogens with two attached hydrogens (primary N) is 1. The second-order valence-electron chi connectivity index (χ2n) is 5.91. The van der Waals surface area contributed by atoms with Gasteiger partial charge in [-0.05, 0) is 39.5 Å². The largest absolute Gasteiger partial charge is 0.396 e. The Hall–Kier alpha value is -1.03. The van der Waals surface area contributed by atoms with Crippen molar-refractivity contribution in [3.63, 3.8) is 0 Å². The zero-order chi connectivity index (χ0) is 12.8. The van der Waals surface area contributed by atoms with Gasteiger partial charge in [0.05, 0.1) is 28.7 Å². The molecule has 0 radical (unpaired) electrons. The van der Waals surface area contributed by atoms with E-state index in [1.807, 2.05) is 6.92 Å². The first-order chi connectivity index (χ1) is 8.61. The fourth-order valence-electron chi connectivity index (χ4n) is 3.61. The van der Waals surface area contributed by atoms with Crippen molar-refractivity contribution >= 4 is 5.69 Å². The number of ether oxygens (including phenoxy) is 1. The van der Waals surface area contributed by atoms with E-state index in [1.54, 1.807) is 0 Å². The SMILES string of the molecule is Cc1nn(C2CCOC3(CCCC3)C2)c(C)c1N. The van der Waals surface area contributed by atoms with E-state index in [9.17, 15) is 0 Å². The Balaban J connectivity index is 1.85. The number of anilines is 1. The third-order valence-corrected chi connectivity index (χ3v) is 4.71. The highest BCUT2D eigenvalue weighted by atomic mass is 16.5. The summed E-state index contributed by atoms with van der Waals surface area (Å²) in [6.45, 7) is 4.93. The molecule has 0 aromatic carbocycles. The first kappa shape index (κ1) is 12.0. The topological polar surface area (TPSA) is 53.1 Å². The summed E-state index contributed by atoms with van der Waals surface area (Å²) in [5, 5.41) is 4.62. The number of nitrogen functional groups attached to an aromatic ring is 1. The standard InChI is InChI=1S/C14H23N3O/c1-10-13(15)11(2)17(16-10)12-5-8-18-14(9-12)6-3-4-7-14/h12H,3-9,15H2,1-2H3. The molecule has 1 unspecified atom stereocenters. The molecular weight excluding hydrogens is 226 g/mol. The van der Waals surface area contributed by atoms with E-state index >= 15 is 0 Å². The van der Waals surface area contributed by atoms with Gasteiger partial charge in [-0.3, -0.25) is 4.68 Å². The number of aromatic nitrogens is 2. The molecule has 4 heteroatoms. The number of rotatable bonds is 1. The molecule has 4 nitrogen and oxygen atoms in total. The van der Waals surface area contributed by atoms with Gasteiger partial charge >= 0.3 is 0 Å². The molecule has 2 fully saturated rings. The van der Waals surface area contributed by atoms with Crippen LogP contribution in [-0.4, -0.2) is 22.0 Å². The molecule has 0 bridgehead atoms. The highest BCUT2D eigenvalue weighted by molar-refractivity contribution is 5.47. The van der Waals surface area contributed by atoms with Gasteiger partial charge in [-0.15, -0.1) is 0 Å². The lowest BCUT2D eigenvalue weighted by Crippen LogP contribution is -2.38. The van der Waals surface area contributed by atoms with Crippen LogP contribution in [0.1, 0.15) is 56.0 Å². The van der Waals surface area contributed by atoms with Gasteiger partial charge in [0.2, 0.25) is 0 Å². The smallest absolute Gasteiger partial charge is 0.0826 e. The maximum absolute atomic E-state index is 6.08. The summed E-state index contributed by atoms with van der Waals surface area (Å²) in [7, 11) is 0. The third-order valence-electron chi connectivity index (χ3n) is 4.71. The summed E-state index contributed by atoms with van der Waals surface area (Å²) in [6, 6.07) is 0.466. The van der Waals surface area contributed by atoms with Crippen LogP contribution in [0.25, 0.3) is 0 Å². The Morgan fingerprint density at radius 1 is 1.33 bits per heavy atom. The zero-order valence-electron chi connectivity index (χ0n) is 11.4. The van der Waals surface area contributed by atoms with Gasteiger partial charge in [-0.1, -0.05) is 12.8 Å². The van der Waals surface area contributed by atoms with Crippen molar-refractivity contribution in [2.24, 2.45) is 0 Å². The maximum atomic E-state index is 6.08. The molecule has 100 valence electrons. The third kappa shape index (κ3) is 1.83. The van der Waals surface area contributed by atoms with Crippen LogP contribution >= 0.6 is 0 Å². The molecule has 18 heavy (non-hydrogen) atoms. The molecule has 1 aliphatic heterocycles. The van der Waals surface area contributed by atoms with E-state index in [-0.39, 0.29) is 5.60 Å². The van der Waals surface area contributed by atoms with Crippen molar-refractivity contribution < 1.29 is 4.74 Å². The zero-order valence-corrected chi connectivity index (χ0v) is 11.4. The summed E-state index contributed by atoms with van der Waals surface area (Å²) >= 11 is 0. The minimum absolute atomic E-state index is 0.143. The van der Waals surface area contributed by atoms with Crippen LogP contribution in [0.15, 0.2) is 0 Å². The Morgan fingerprint density at radius 2 is 2.06 bits per heavy atom. The highest BCUT2D eigenvalue weighted by Crippen LogP contribution is 2.43. The van der Waals surface area contributed by atoms with Gasteiger partial charge in [-0.25, -0.2) is 0 Å². The van der Waals surface area contributed by atoms with E-state index in [1.165, 1.54) is 25.7 Å². The van der Waals surface area contributed by atoms with Crippen molar-refractivity contribution in [2.75, 3.05) is 12.3 Å². The second kappa shape index (κ2) is 4.26. The van der Waals surface area contributed by atoms with Crippen LogP contribution in [0, 0.1) is 13.8 Å². The van der Waals surface area contributed by atoms with E-state index < -0.39 is 0 Å². The van der Waals surface area contributed by atoms with Crippen LogP contribution < -0.4 is 5.73 Å². The van der Waals surface area contributed by atoms with Gasteiger partial charge in [0.15, 0.2) is 0 Å². The average Bonchev–Trinajstić information content (AvgIpc) is 2.90. The van der Waals surface area contributed by atoms with Crippen molar-refractivity contribution in [3.8, 4) is 0 Å². The lowest BCUT2D eigenvalue weighted by atomic mass is 9.89. The minimum atomic E-state index is 0.143. The van der Waals surface area contributed by atoms with E-state index in [2.05, 4.69) is 16.7 Å². The molecule has 1 spiro atoms. The van der Waals surface area contributed by atoms with Crippen LogP contribution in [0.4, 0.5) is 5.69 Å². The van der Waals surface area contributed by atoms with Gasteiger partial charge in [0.25, 0.3) is 0 Å². The van der Waals surface area contributed by atoms with Crippen LogP contribution in [0.3, 0.4) is 0 Å². The predicted molar refractivity (Wildman–Crippen MR) is 71.5 cm³/mol. The number of hydrogen-bond donors (Lipinski definition) is 1. The highest BCUT2D eigenvalue weighted by Gasteiger charge is 2.41. The van der Waals surface area contributed by atoms with Crippen LogP contribution in [-0.2, 0) is 4.74 Å². The lowest BCUT2D eigenvalue weighted by molar-refractivity contribution is -0.0912. The lowest BCUT2D eigenvalue weighted by Gasteiger charge is -2.38. The quantitative estimate of drug-likeness (QED) is 0.832. The summed E-state index contributed by atoms with van der Waals surface area (Å²) in [5.74, 6) is 0. The van der Waals surface area contributed by atoms with Gasteiger partial charge < -0.3 is 10.5 Å². The Kier molecular flexibility index (Phi) is 2.85. The van der Waals surface area contributed by atoms with Gasteiger partial charge in [-0.2, -0.15) is 5.10 Å². The summed E-state index contributed by atoms with van der Waals surface area (Å²) in [6.07, 6.45) is 7.23. The Morgan fingerprint density at radius 3 is 2.67 bits per heavy atom. The first-order valence-electron chi connectivity index (χ1n) is 7.06. The van der Waals surface area contributed by atoms with Gasteiger partial charge in [0, 0.05) is 6.61 Å². The molecule has 1 aromatic rings. The van der Waals surface area contributed by atoms with Crippen LogP contribution in [0.5, 0.6) is 0 Å². The molecule has 2 N–H and O–H groups in total. The molecule has 1 atom stereocenters. The normalized spacial score (nSPS) is 26.9. The van der Waals surface area contributed by atoms with E-state index in [4.69, 9.17) is 10.5 Å². The minimum Gasteiger partial charge on any atom is -0.396 e. The average molecular weight is 249 g/mol. The van der Waals surface area contributed by atoms with Crippen molar-refractivity contribution in [3.05, 3.63) is 11.4 Å². The number of aryl methyl sites for hydroxylation is 1. The summed E-state index contributed by atoms with van der Waals surface area (Å²) in [4.78, 5) is 0. The molecule has 2 heterocycles. The van der Waals surface area contributed by atoms with Crippen LogP contribution in [0.2, 0.25) is 0 Å². The van der Waals surface area contributed by atoms with Gasteiger partial charge in [0.1, 0.15) is 0 Å². The molecule has 0 amide bonds. The molecule has 1 aromatic heterocycles. The fourth-order valence-corrected chi connectivity index (χ4v) is 3.61. The monoisotopic (exact) mass is 249 g/mol. The Bertz CT molecular complexity index is 446. The first-order valence-corrected chi connectivity index (χ1v) is 7.06. The van der Waals surface area contributed by atoms with Crippen molar-refractivity contribution in [1.82, 2.24) is 9.78 Å². The van der Waals surface area contributed by atoms with E-state index in [0.29, 0.717) is 6.04 Å². The van der Waals surface area contributed by atoms with Crippen molar-refractivity contribution in [1.29, 1.82) is 0 Å². The van der Waals surface area contributed by atoms with Crippen molar-refractivity contribution in [2.45, 2.75) is 64.0 Å². The van der Waals surface area contributed by atoms with E-state index in [0.717, 1.165) is 36.5 Å². The number of nitrogens with zero attached hydrogens (tertiary/aromatic N) is 2. The maximum Gasteiger partial charge on any atom is 0.0826 e.